The summed E-state index contributed by atoms with van der Waals surface area (Å²) in [7, 11) is 2.08. The van der Waals surface area contributed by atoms with Crippen molar-refractivity contribution in [1.82, 2.24) is 5.32 Å². The third kappa shape index (κ3) is 3.98. The number of nitrogens with two attached hydrogens (primary N) is 1. The second-order valence-corrected chi connectivity index (χ2v) is 7.66. The van der Waals surface area contributed by atoms with Gasteiger partial charge in [-0.3, -0.25) is 14.6 Å². The molecule has 0 radical (unpaired) electrons. The first-order valence-corrected chi connectivity index (χ1v) is 9.95. The molecule has 2 amide bonds. The predicted octanol–water partition coefficient (Wildman–Crippen LogP) is 1.94. The van der Waals surface area contributed by atoms with Crippen LogP contribution in [-0.2, 0) is 22.6 Å². The molecule has 2 aliphatic heterocycles. The molecule has 0 aromatic heterocycles. The molecular weight excluding hydrogens is 385 g/mol. The van der Waals surface area contributed by atoms with Gasteiger partial charge in [-0.2, -0.15) is 5.10 Å². The van der Waals surface area contributed by atoms with Gasteiger partial charge in [-0.15, -0.1) is 0 Å². The minimum absolute atomic E-state index is 0.105. The summed E-state index contributed by atoms with van der Waals surface area (Å²) in [6.07, 6.45) is 2.25. The van der Waals surface area contributed by atoms with E-state index in [1.165, 1.54) is 40.5 Å². The quantitative estimate of drug-likeness (QED) is 0.790. The van der Waals surface area contributed by atoms with E-state index in [1.54, 1.807) is 0 Å². The number of hydrogen-bond donors (Lipinski definition) is 2. The summed E-state index contributed by atoms with van der Waals surface area (Å²) in [6, 6.07) is 11.0. The molecule has 8 heteroatoms. The number of hydrogen-bond acceptors (Lipinski definition) is 5. The van der Waals surface area contributed by atoms with Crippen molar-refractivity contribution in [3.8, 4) is 0 Å². The Morgan fingerprint density at radius 2 is 2.00 bits per heavy atom. The number of halogens is 1. The topological polar surface area (TPSA) is 91.0 Å². The Hall–Kier alpha value is -3.42. The second kappa shape index (κ2) is 8.14. The molecule has 0 bridgehead atoms. The van der Waals surface area contributed by atoms with Crippen LogP contribution >= 0.6 is 0 Å². The van der Waals surface area contributed by atoms with E-state index in [9.17, 15) is 14.0 Å². The summed E-state index contributed by atoms with van der Waals surface area (Å²) in [6.45, 7) is 1.42. The third-order valence-electron chi connectivity index (χ3n) is 5.54. The Labute approximate surface area is 174 Å². The first-order chi connectivity index (χ1) is 14.4. The standard InChI is InChI=1S/C22H24FN5O2/c1-27-10-2-3-15-11-14(4-9-19(15)27)13-25-22(30)18-12-20(21(24)29)28(26-18)17-7-5-16(23)6-8-17/h4-9,11,20H,2-3,10,12-13H2,1H3,(H2,24,29)(H,25,30). The summed E-state index contributed by atoms with van der Waals surface area (Å²) in [5, 5.41) is 8.55. The fourth-order valence-electron chi connectivity index (χ4n) is 3.93. The molecule has 0 saturated carbocycles. The Balaban J connectivity index is 1.46. The summed E-state index contributed by atoms with van der Waals surface area (Å²) in [4.78, 5) is 26.8. The summed E-state index contributed by atoms with van der Waals surface area (Å²) in [5.74, 6) is -1.34. The maximum absolute atomic E-state index is 13.2. The minimum Gasteiger partial charge on any atom is -0.374 e. The average molecular weight is 409 g/mol. The van der Waals surface area contributed by atoms with Gasteiger partial charge in [0.2, 0.25) is 5.91 Å². The largest absolute Gasteiger partial charge is 0.374 e. The lowest BCUT2D eigenvalue weighted by molar-refractivity contribution is -0.119. The molecule has 2 aromatic carbocycles. The average Bonchev–Trinajstić information content (AvgIpc) is 3.18. The van der Waals surface area contributed by atoms with E-state index in [0.717, 1.165) is 24.9 Å². The third-order valence-corrected chi connectivity index (χ3v) is 5.54. The zero-order valence-electron chi connectivity index (χ0n) is 16.8. The highest BCUT2D eigenvalue weighted by Crippen LogP contribution is 2.27. The van der Waals surface area contributed by atoms with Crippen LogP contribution in [0.25, 0.3) is 0 Å². The second-order valence-electron chi connectivity index (χ2n) is 7.66. The van der Waals surface area contributed by atoms with Crippen LogP contribution in [0.5, 0.6) is 0 Å². The monoisotopic (exact) mass is 409 g/mol. The molecule has 0 spiro atoms. The van der Waals surface area contributed by atoms with Gasteiger partial charge in [0.25, 0.3) is 5.91 Å². The van der Waals surface area contributed by atoms with Crippen LogP contribution < -0.4 is 21.0 Å². The van der Waals surface area contributed by atoms with Crippen molar-refractivity contribution in [1.29, 1.82) is 0 Å². The van der Waals surface area contributed by atoms with Crippen molar-refractivity contribution < 1.29 is 14.0 Å². The summed E-state index contributed by atoms with van der Waals surface area (Å²) >= 11 is 0. The minimum atomic E-state index is -0.782. The van der Waals surface area contributed by atoms with Gasteiger partial charge in [0.1, 0.15) is 17.6 Å². The van der Waals surface area contributed by atoms with Crippen molar-refractivity contribution >= 4 is 28.9 Å². The van der Waals surface area contributed by atoms with Crippen LogP contribution in [0.1, 0.15) is 24.0 Å². The number of aryl methyl sites for hydroxylation is 1. The number of nitrogens with zero attached hydrogens (tertiary/aromatic N) is 3. The Bertz CT molecular complexity index is 1010. The highest BCUT2D eigenvalue weighted by Gasteiger charge is 2.34. The fourth-order valence-corrected chi connectivity index (χ4v) is 3.93. The van der Waals surface area contributed by atoms with Crippen molar-refractivity contribution in [3.05, 3.63) is 59.4 Å². The van der Waals surface area contributed by atoms with Gasteiger partial charge in [-0.25, -0.2) is 4.39 Å². The molecule has 2 heterocycles. The summed E-state index contributed by atoms with van der Waals surface area (Å²) in [5.41, 5.74) is 9.75. The number of hydrazone groups is 1. The number of rotatable bonds is 5. The molecule has 0 aliphatic carbocycles. The molecule has 3 N–H and O–H groups in total. The summed E-state index contributed by atoms with van der Waals surface area (Å²) < 4.78 is 13.2. The zero-order valence-corrected chi connectivity index (χ0v) is 16.8. The maximum atomic E-state index is 13.2. The molecule has 1 atom stereocenters. The SMILES string of the molecule is CN1CCCc2cc(CNC(=O)C3=NN(c4ccc(F)cc4)C(C(N)=O)C3)ccc21. The molecule has 30 heavy (non-hydrogen) atoms. The van der Waals surface area contributed by atoms with E-state index in [1.807, 2.05) is 6.07 Å². The first kappa shape index (κ1) is 19.9. The van der Waals surface area contributed by atoms with Crippen molar-refractivity contribution in [2.75, 3.05) is 23.5 Å². The van der Waals surface area contributed by atoms with E-state index in [-0.39, 0.29) is 18.0 Å². The number of fused-ring (bicyclic) bond motifs is 1. The van der Waals surface area contributed by atoms with Crippen molar-refractivity contribution in [2.24, 2.45) is 10.8 Å². The fraction of sp³-hybridized carbons (Fsp3) is 0.318. The molecule has 4 rings (SSSR count). The van der Waals surface area contributed by atoms with E-state index < -0.39 is 17.8 Å². The van der Waals surface area contributed by atoms with E-state index in [0.29, 0.717) is 12.2 Å². The Kier molecular flexibility index (Phi) is 5.39. The normalized spacial score (nSPS) is 18.1. The first-order valence-electron chi connectivity index (χ1n) is 9.95. The van der Waals surface area contributed by atoms with Crippen molar-refractivity contribution in [3.63, 3.8) is 0 Å². The predicted molar refractivity (Wildman–Crippen MR) is 114 cm³/mol. The van der Waals surface area contributed by atoms with Crippen LogP contribution in [0.2, 0.25) is 0 Å². The molecule has 156 valence electrons. The van der Waals surface area contributed by atoms with Crippen LogP contribution in [0.15, 0.2) is 47.6 Å². The molecule has 1 unspecified atom stereocenters. The molecule has 7 nitrogen and oxygen atoms in total. The molecule has 2 aromatic rings. The molecule has 0 saturated heterocycles. The van der Waals surface area contributed by atoms with Gasteiger partial charge in [0.05, 0.1) is 5.69 Å². The number of carbonyl (C=O) groups excluding carboxylic acids is 2. The molecule has 0 fully saturated rings. The van der Waals surface area contributed by atoms with Gasteiger partial charge >= 0.3 is 0 Å². The van der Waals surface area contributed by atoms with E-state index in [4.69, 9.17) is 5.73 Å². The molecular formula is C22H24FN5O2. The van der Waals surface area contributed by atoms with Gasteiger partial charge in [0.15, 0.2) is 0 Å². The number of primary amides is 1. The lowest BCUT2D eigenvalue weighted by atomic mass is 9.99. The van der Waals surface area contributed by atoms with Crippen LogP contribution in [-0.4, -0.2) is 37.2 Å². The van der Waals surface area contributed by atoms with E-state index in [2.05, 4.69) is 34.5 Å². The maximum Gasteiger partial charge on any atom is 0.267 e. The van der Waals surface area contributed by atoms with Crippen LogP contribution in [0, 0.1) is 5.82 Å². The Morgan fingerprint density at radius 1 is 1.23 bits per heavy atom. The highest BCUT2D eigenvalue weighted by molar-refractivity contribution is 6.40. The molecule has 2 aliphatic rings. The van der Waals surface area contributed by atoms with Gasteiger partial charge in [-0.1, -0.05) is 12.1 Å². The Morgan fingerprint density at radius 3 is 2.73 bits per heavy atom. The zero-order chi connectivity index (χ0) is 21.3. The number of nitrogens with one attached hydrogen (secondary N) is 1. The van der Waals surface area contributed by atoms with Gasteiger partial charge < -0.3 is 16.0 Å². The van der Waals surface area contributed by atoms with Gasteiger partial charge in [0, 0.05) is 32.2 Å². The lowest BCUT2D eigenvalue weighted by Gasteiger charge is -2.27. The van der Waals surface area contributed by atoms with Crippen LogP contribution in [0.3, 0.4) is 0 Å². The number of anilines is 2. The van der Waals surface area contributed by atoms with Crippen molar-refractivity contribution in [2.45, 2.75) is 31.8 Å². The van der Waals surface area contributed by atoms with Gasteiger partial charge in [-0.05, 0) is 54.3 Å². The lowest BCUT2D eigenvalue weighted by Crippen LogP contribution is -2.39. The van der Waals surface area contributed by atoms with E-state index >= 15 is 0 Å². The van der Waals surface area contributed by atoms with Crippen LogP contribution in [0.4, 0.5) is 15.8 Å². The smallest absolute Gasteiger partial charge is 0.267 e. The number of benzene rings is 2. The number of amides is 2. The highest BCUT2D eigenvalue weighted by atomic mass is 19.1. The number of carbonyl (C=O) groups is 2.